The molecule has 0 amide bonds. The molecule has 0 saturated heterocycles. The number of aromatic nitrogens is 1. The van der Waals surface area contributed by atoms with Gasteiger partial charge in [-0.1, -0.05) is 5.16 Å². The second-order valence-corrected chi connectivity index (χ2v) is 3.58. The molecule has 5 heteroatoms. The van der Waals surface area contributed by atoms with Gasteiger partial charge in [0.05, 0.1) is 18.2 Å². The van der Waals surface area contributed by atoms with Crippen LogP contribution >= 0.6 is 11.6 Å². The van der Waals surface area contributed by atoms with E-state index in [-0.39, 0.29) is 5.88 Å². The quantitative estimate of drug-likeness (QED) is 0.781. The molecular weight excluding hydrogens is 216 g/mol. The third-order valence-electron chi connectivity index (χ3n) is 2.08. The molecule has 80 valence electrons. The van der Waals surface area contributed by atoms with Gasteiger partial charge in [0.1, 0.15) is 0 Å². The van der Waals surface area contributed by atoms with Gasteiger partial charge in [0.15, 0.2) is 5.58 Å². The summed E-state index contributed by atoms with van der Waals surface area (Å²) in [6.45, 7) is 0.420. The SMILES string of the molecule is OC(CCl)CNc1ccc2cnoc2c1. The van der Waals surface area contributed by atoms with E-state index in [1.165, 1.54) is 0 Å². The minimum atomic E-state index is -0.544. The highest BCUT2D eigenvalue weighted by Gasteiger charge is 2.03. The highest BCUT2D eigenvalue weighted by atomic mass is 35.5. The van der Waals surface area contributed by atoms with Gasteiger partial charge >= 0.3 is 0 Å². The topological polar surface area (TPSA) is 58.3 Å². The molecule has 2 N–H and O–H groups in total. The van der Waals surface area contributed by atoms with Crippen molar-refractivity contribution in [1.29, 1.82) is 0 Å². The van der Waals surface area contributed by atoms with E-state index in [0.717, 1.165) is 16.7 Å². The number of fused-ring (bicyclic) bond motifs is 1. The average Bonchev–Trinajstić information content (AvgIpc) is 2.72. The molecule has 0 bridgehead atoms. The average molecular weight is 227 g/mol. The van der Waals surface area contributed by atoms with E-state index in [9.17, 15) is 5.11 Å². The molecule has 0 aliphatic rings. The van der Waals surface area contributed by atoms with Gasteiger partial charge in [0.2, 0.25) is 0 Å². The van der Waals surface area contributed by atoms with Gasteiger partial charge < -0.3 is 14.9 Å². The first-order chi connectivity index (χ1) is 7.29. The van der Waals surface area contributed by atoms with Gasteiger partial charge in [-0.2, -0.15) is 0 Å². The molecule has 1 aromatic heterocycles. The van der Waals surface area contributed by atoms with E-state index in [1.807, 2.05) is 18.2 Å². The van der Waals surface area contributed by atoms with Crippen LogP contribution in [0.1, 0.15) is 0 Å². The molecule has 1 aromatic carbocycles. The number of aliphatic hydroxyl groups excluding tert-OH is 1. The minimum Gasteiger partial charge on any atom is -0.390 e. The fraction of sp³-hybridized carbons (Fsp3) is 0.300. The van der Waals surface area contributed by atoms with Crippen LogP contribution in [0, 0.1) is 0 Å². The fourth-order valence-corrected chi connectivity index (χ4v) is 1.37. The molecule has 1 atom stereocenters. The Labute approximate surface area is 91.8 Å². The first-order valence-electron chi connectivity index (χ1n) is 4.62. The van der Waals surface area contributed by atoms with Crippen LogP contribution in [-0.2, 0) is 0 Å². The highest BCUT2D eigenvalue weighted by molar-refractivity contribution is 6.18. The molecule has 2 rings (SSSR count). The van der Waals surface area contributed by atoms with Gasteiger partial charge in [-0.15, -0.1) is 11.6 Å². The molecule has 15 heavy (non-hydrogen) atoms. The first-order valence-corrected chi connectivity index (χ1v) is 5.15. The number of nitrogens with one attached hydrogen (secondary N) is 1. The lowest BCUT2D eigenvalue weighted by atomic mass is 10.2. The van der Waals surface area contributed by atoms with Crippen LogP contribution in [0.5, 0.6) is 0 Å². The maximum Gasteiger partial charge on any atom is 0.168 e. The lowest BCUT2D eigenvalue weighted by molar-refractivity contribution is 0.211. The van der Waals surface area contributed by atoms with Crippen molar-refractivity contribution in [3.8, 4) is 0 Å². The van der Waals surface area contributed by atoms with Crippen molar-refractivity contribution in [3.63, 3.8) is 0 Å². The van der Waals surface area contributed by atoms with E-state index in [0.29, 0.717) is 6.54 Å². The van der Waals surface area contributed by atoms with Gasteiger partial charge in [0.25, 0.3) is 0 Å². The Bertz CT molecular complexity index is 444. The zero-order valence-corrected chi connectivity index (χ0v) is 8.74. The summed E-state index contributed by atoms with van der Waals surface area (Å²) in [5, 5.41) is 17.0. The van der Waals surface area contributed by atoms with Gasteiger partial charge in [-0.3, -0.25) is 0 Å². The molecule has 4 nitrogen and oxygen atoms in total. The van der Waals surface area contributed by atoms with Crippen molar-refractivity contribution < 1.29 is 9.63 Å². The zero-order valence-electron chi connectivity index (χ0n) is 7.98. The summed E-state index contributed by atoms with van der Waals surface area (Å²) in [5.41, 5.74) is 1.60. The Balaban J connectivity index is 2.08. The molecule has 0 saturated carbocycles. The predicted octanol–water partition coefficient (Wildman–Crippen LogP) is 1.84. The normalized spacial score (nSPS) is 12.9. The van der Waals surface area contributed by atoms with Crippen molar-refractivity contribution >= 4 is 28.3 Å². The van der Waals surface area contributed by atoms with Crippen LogP contribution in [0.2, 0.25) is 0 Å². The molecule has 0 aliphatic heterocycles. The number of anilines is 1. The maximum absolute atomic E-state index is 9.26. The van der Waals surface area contributed by atoms with E-state index >= 15 is 0 Å². The van der Waals surface area contributed by atoms with E-state index < -0.39 is 6.10 Å². The van der Waals surface area contributed by atoms with Crippen molar-refractivity contribution in [2.75, 3.05) is 17.7 Å². The maximum atomic E-state index is 9.26. The molecule has 0 spiro atoms. The Morgan fingerprint density at radius 3 is 3.20 bits per heavy atom. The number of nitrogens with zero attached hydrogens (tertiary/aromatic N) is 1. The minimum absolute atomic E-state index is 0.220. The van der Waals surface area contributed by atoms with Crippen LogP contribution < -0.4 is 5.32 Å². The van der Waals surface area contributed by atoms with Gasteiger partial charge in [-0.05, 0) is 12.1 Å². The monoisotopic (exact) mass is 226 g/mol. The van der Waals surface area contributed by atoms with Crippen LogP contribution in [0.15, 0.2) is 28.9 Å². The number of benzene rings is 1. The number of hydrogen-bond acceptors (Lipinski definition) is 4. The number of aliphatic hydroxyl groups is 1. The molecule has 0 radical (unpaired) electrons. The van der Waals surface area contributed by atoms with E-state index in [4.69, 9.17) is 16.1 Å². The van der Waals surface area contributed by atoms with Crippen LogP contribution in [-0.4, -0.2) is 28.8 Å². The first kappa shape index (κ1) is 10.3. The van der Waals surface area contributed by atoms with Crippen LogP contribution in [0.4, 0.5) is 5.69 Å². The second kappa shape index (κ2) is 4.51. The third kappa shape index (κ3) is 2.40. The van der Waals surface area contributed by atoms with Crippen LogP contribution in [0.25, 0.3) is 11.0 Å². The summed E-state index contributed by atoms with van der Waals surface area (Å²) < 4.78 is 5.01. The third-order valence-corrected chi connectivity index (χ3v) is 2.43. The summed E-state index contributed by atoms with van der Waals surface area (Å²) in [5.74, 6) is 0.220. The Morgan fingerprint density at radius 1 is 1.53 bits per heavy atom. The summed E-state index contributed by atoms with van der Waals surface area (Å²) in [7, 11) is 0. The van der Waals surface area contributed by atoms with E-state index in [2.05, 4.69) is 10.5 Å². The molecule has 0 aliphatic carbocycles. The van der Waals surface area contributed by atoms with Crippen molar-refractivity contribution in [2.45, 2.75) is 6.10 Å². The standard InChI is InChI=1S/C10H11ClN2O2/c11-4-9(14)6-12-8-2-1-7-5-13-15-10(7)3-8/h1-3,5,9,12,14H,4,6H2. The number of halogens is 1. The fourth-order valence-electron chi connectivity index (χ4n) is 1.26. The summed E-state index contributed by atoms with van der Waals surface area (Å²) in [4.78, 5) is 0. The van der Waals surface area contributed by atoms with Crippen molar-refractivity contribution in [1.82, 2.24) is 5.16 Å². The summed E-state index contributed by atoms with van der Waals surface area (Å²) in [6.07, 6.45) is 1.12. The van der Waals surface area contributed by atoms with Gasteiger partial charge in [0, 0.05) is 23.7 Å². The van der Waals surface area contributed by atoms with Crippen molar-refractivity contribution in [2.24, 2.45) is 0 Å². The Morgan fingerprint density at radius 2 is 2.40 bits per heavy atom. The number of rotatable bonds is 4. The van der Waals surface area contributed by atoms with Crippen LogP contribution in [0.3, 0.4) is 0 Å². The predicted molar refractivity (Wildman–Crippen MR) is 59.2 cm³/mol. The Hall–Kier alpha value is -1.26. The number of alkyl halides is 1. The summed E-state index contributed by atoms with van der Waals surface area (Å²) >= 11 is 5.48. The van der Waals surface area contributed by atoms with Gasteiger partial charge in [-0.25, -0.2) is 0 Å². The lowest BCUT2D eigenvalue weighted by Crippen LogP contribution is -2.20. The smallest absolute Gasteiger partial charge is 0.168 e. The van der Waals surface area contributed by atoms with E-state index in [1.54, 1.807) is 6.20 Å². The second-order valence-electron chi connectivity index (χ2n) is 3.27. The molecule has 0 fully saturated rings. The largest absolute Gasteiger partial charge is 0.390 e. The Kier molecular flexibility index (Phi) is 3.08. The molecule has 2 aromatic rings. The number of hydrogen-bond donors (Lipinski definition) is 2. The zero-order chi connectivity index (χ0) is 10.7. The molecule has 1 heterocycles. The van der Waals surface area contributed by atoms with Crippen molar-refractivity contribution in [3.05, 3.63) is 24.4 Å². The molecular formula is C10H11ClN2O2. The lowest BCUT2D eigenvalue weighted by Gasteiger charge is -2.09. The highest BCUT2D eigenvalue weighted by Crippen LogP contribution is 2.18. The molecule has 1 unspecified atom stereocenters. The summed E-state index contributed by atoms with van der Waals surface area (Å²) in [6, 6.07) is 5.64.